The molecule has 0 heterocycles. The highest BCUT2D eigenvalue weighted by Crippen LogP contribution is 2.18. The van der Waals surface area contributed by atoms with Crippen LogP contribution in [0.3, 0.4) is 0 Å². The number of rotatable bonds is 6. The average Bonchev–Trinajstić information content (AvgIpc) is 2.54. The van der Waals surface area contributed by atoms with Crippen LogP contribution in [0.15, 0.2) is 65.6 Å². The molecular formula is C16H17NO3S2. The molecule has 0 radical (unpaired) electrons. The number of carbonyl (C=O) groups excluding carboxylic acids is 1. The van der Waals surface area contributed by atoms with Crippen molar-refractivity contribution in [1.82, 2.24) is 4.72 Å². The van der Waals surface area contributed by atoms with Gasteiger partial charge in [0.2, 0.25) is 5.91 Å². The molecule has 4 nitrogen and oxygen atoms in total. The lowest BCUT2D eigenvalue weighted by Gasteiger charge is -2.12. The molecule has 2 aromatic carbocycles. The number of thioether (sulfide) groups is 1. The second-order valence-electron chi connectivity index (χ2n) is 4.72. The maximum atomic E-state index is 12.1. The first-order valence-corrected chi connectivity index (χ1v) is 9.29. The van der Waals surface area contributed by atoms with E-state index in [0.717, 1.165) is 5.56 Å². The lowest BCUT2D eigenvalue weighted by Crippen LogP contribution is -2.36. The van der Waals surface area contributed by atoms with Crippen molar-refractivity contribution in [2.75, 3.05) is 0 Å². The van der Waals surface area contributed by atoms with Gasteiger partial charge in [-0.25, -0.2) is 13.1 Å². The summed E-state index contributed by atoms with van der Waals surface area (Å²) in [4.78, 5) is 12.1. The fraction of sp³-hybridized carbons (Fsp3) is 0.188. The van der Waals surface area contributed by atoms with Crippen LogP contribution in [-0.2, 0) is 20.6 Å². The van der Waals surface area contributed by atoms with Gasteiger partial charge in [-0.3, -0.25) is 4.79 Å². The summed E-state index contributed by atoms with van der Waals surface area (Å²) < 4.78 is 26.3. The van der Waals surface area contributed by atoms with Gasteiger partial charge in [-0.1, -0.05) is 48.5 Å². The first-order valence-electron chi connectivity index (χ1n) is 6.76. The number of sulfonamides is 1. The van der Waals surface area contributed by atoms with Crippen molar-refractivity contribution in [1.29, 1.82) is 0 Å². The monoisotopic (exact) mass is 335 g/mol. The summed E-state index contributed by atoms with van der Waals surface area (Å²) in [5.41, 5.74) is 1.10. The molecule has 116 valence electrons. The molecule has 1 atom stereocenters. The van der Waals surface area contributed by atoms with E-state index in [2.05, 4.69) is 4.72 Å². The predicted molar refractivity (Wildman–Crippen MR) is 89.0 cm³/mol. The Labute approximate surface area is 135 Å². The van der Waals surface area contributed by atoms with Crippen LogP contribution >= 0.6 is 11.8 Å². The fourth-order valence-electron chi connectivity index (χ4n) is 1.75. The standard InChI is InChI=1S/C16H17NO3S2/c1-13(21-12-14-8-4-2-5-9-14)16(18)17-22(19,20)15-10-6-3-7-11-15/h2-11,13H,12H2,1H3,(H,17,18). The Kier molecular flexibility index (Phi) is 5.63. The zero-order valence-electron chi connectivity index (χ0n) is 12.1. The summed E-state index contributed by atoms with van der Waals surface area (Å²) >= 11 is 1.40. The van der Waals surface area contributed by atoms with Gasteiger partial charge in [0, 0.05) is 5.75 Å². The quantitative estimate of drug-likeness (QED) is 0.882. The normalized spacial score (nSPS) is 12.6. The Balaban J connectivity index is 1.94. The van der Waals surface area contributed by atoms with Crippen LogP contribution in [0.25, 0.3) is 0 Å². The molecule has 22 heavy (non-hydrogen) atoms. The SMILES string of the molecule is CC(SCc1ccccc1)C(=O)NS(=O)(=O)c1ccccc1. The highest BCUT2D eigenvalue weighted by Gasteiger charge is 2.21. The molecule has 0 spiro atoms. The highest BCUT2D eigenvalue weighted by atomic mass is 32.2. The van der Waals surface area contributed by atoms with Crippen LogP contribution in [0.5, 0.6) is 0 Å². The Bertz CT molecular complexity index is 716. The molecule has 1 amide bonds. The molecule has 1 N–H and O–H groups in total. The van der Waals surface area contributed by atoms with Crippen LogP contribution in [-0.4, -0.2) is 19.6 Å². The van der Waals surface area contributed by atoms with E-state index in [0.29, 0.717) is 5.75 Å². The van der Waals surface area contributed by atoms with E-state index in [9.17, 15) is 13.2 Å². The molecule has 0 bridgehead atoms. The molecule has 0 aliphatic carbocycles. The Morgan fingerprint density at radius 1 is 1.05 bits per heavy atom. The summed E-state index contributed by atoms with van der Waals surface area (Å²) in [7, 11) is -3.80. The van der Waals surface area contributed by atoms with E-state index >= 15 is 0 Å². The molecule has 0 aromatic heterocycles. The number of amides is 1. The summed E-state index contributed by atoms with van der Waals surface area (Å²) in [6.07, 6.45) is 0. The van der Waals surface area contributed by atoms with Gasteiger partial charge in [0.05, 0.1) is 10.1 Å². The van der Waals surface area contributed by atoms with Gasteiger partial charge in [-0.15, -0.1) is 11.8 Å². The molecule has 6 heteroatoms. The Morgan fingerprint density at radius 3 is 2.18 bits per heavy atom. The van der Waals surface area contributed by atoms with E-state index in [1.807, 2.05) is 30.3 Å². The number of nitrogens with one attached hydrogen (secondary N) is 1. The third kappa shape index (κ3) is 4.61. The molecule has 1 unspecified atom stereocenters. The Hall–Kier alpha value is -1.79. The van der Waals surface area contributed by atoms with Crippen molar-refractivity contribution in [3.63, 3.8) is 0 Å². The summed E-state index contributed by atoms with van der Waals surface area (Å²) in [5, 5.41) is -0.460. The van der Waals surface area contributed by atoms with Crippen molar-refractivity contribution in [2.45, 2.75) is 22.8 Å². The Morgan fingerprint density at radius 2 is 1.59 bits per heavy atom. The summed E-state index contributed by atoms with van der Waals surface area (Å²) in [6.45, 7) is 1.70. The van der Waals surface area contributed by atoms with Crippen molar-refractivity contribution in [3.8, 4) is 0 Å². The topological polar surface area (TPSA) is 63.2 Å². The second-order valence-corrected chi connectivity index (χ2v) is 7.73. The molecule has 0 saturated carbocycles. The van der Waals surface area contributed by atoms with E-state index in [4.69, 9.17) is 0 Å². The number of carbonyl (C=O) groups is 1. The minimum Gasteiger partial charge on any atom is -0.273 e. The number of hydrogen-bond donors (Lipinski definition) is 1. The molecule has 2 aromatic rings. The lowest BCUT2D eigenvalue weighted by molar-refractivity contribution is -0.118. The molecular weight excluding hydrogens is 318 g/mol. The third-order valence-electron chi connectivity index (χ3n) is 3.00. The largest absolute Gasteiger partial charge is 0.273 e. The zero-order valence-corrected chi connectivity index (χ0v) is 13.7. The fourth-order valence-corrected chi connectivity index (χ4v) is 3.74. The van der Waals surface area contributed by atoms with Crippen LogP contribution < -0.4 is 4.72 Å². The highest BCUT2D eigenvalue weighted by molar-refractivity contribution is 8.00. The minimum absolute atomic E-state index is 0.0867. The minimum atomic E-state index is -3.80. The molecule has 0 aliphatic rings. The van der Waals surface area contributed by atoms with E-state index in [1.54, 1.807) is 25.1 Å². The van der Waals surface area contributed by atoms with Crippen molar-refractivity contribution in [3.05, 3.63) is 66.2 Å². The van der Waals surface area contributed by atoms with Gasteiger partial charge in [0.25, 0.3) is 10.0 Å². The number of hydrogen-bond acceptors (Lipinski definition) is 4. The second kappa shape index (κ2) is 7.47. The van der Waals surface area contributed by atoms with Gasteiger partial charge in [-0.05, 0) is 24.6 Å². The lowest BCUT2D eigenvalue weighted by atomic mass is 10.2. The van der Waals surface area contributed by atoms with E-state index < -0.39 is 21.2 Å². The first kappa shape index (κ1) is 16.6. The molecule has 0 saturated heterocycles. The third-order valence-corrected chi connectivity index (χ3v) is 5.58. The van der Waals surface area contributed by atoms with Crippen molar-refractivity contribution in [2.24, 2.45) is 0 Å². The van der Waals surface area contributed by atoms with Gasteiger partial charge in [0.15, 0.2) is 0 Å². The van der Waals surface area contributed by atoms with E-state index in [1.165, 1.54) is 23.9 Å². The maximum absolute atomic E-state index is 12.1. The molecule has 0 aliphatic heterocycles. The van der Waals surface area contributed by atoms with Crippen LogP contribution in [0, 0.1) is 0 Å². The van der Waals surface area contributed by atoms with Gasteiger partial charge < -0.3 is 0 Å². The predicted octanol–water partition coefficient (Wildman–Crippen LogP) is 2.81. The van der Waals surface area contributed by atoms with Crippen LogP contribution in [0.2, 0.25) is 0 Å². The summed E-state index contributed by atoms with van der Waals surface area (Å²) in [5.74, 6) is 0.144. The van der Waals surface area contributed by atoms with Crippen molar-refractivity contribution >= 4 is 27.7 Å². The van der Waals surface area contributed by atoms with Crippen LogP contribution in [0.1, 0.15) is 12.5 Å². The molecule has 2 rings (SSSR count). The zero-order chi connectivity index (χ0) is 16.0. The molecule has 0 fully saturated rings. The van der Waals surface area contributed by atoms with Crippen LogP contribution in [0.4, 0.5) is 0 Å². The van der Waals surface area contributed by atoms with Crippen molar-refractivity contribution < 1.29 is 13.2 Å². The van der Waals surface area contributed by atoms with Gasteiger partial charge in [0.1, 0.15) is 0 Å². The first-order chi connectivity index (χ1) is 10.5. The number of benzene rings is 2. The smallest absolute Gasteiger partial charge is 0.264 e. The van der Waals surface area contributed by atoms with E-state index in [-0.39, 0.29) is 4.90 Å². The summed E-state index contributed by atoms with van der Waals surface area (Å²) in [6, 6.07) is 17.6. The average molecular weight is 335 g/mol. The maximum Gasteiger partial charge on any atom is 0.264 e. The van der Waals surface area contributed by atoms with Gasteiger partial charge in [-0.2, -0.15) is 0 Å². The van der Waals surface area contributed by atoms with Gasteiger partial charge >= 0.3 is 0 Å².